The average molecular weight is 447 g/mol. The lowest BCUT2D eigenvalue weighted by Crippen LogP contribution is -2.34. The summed E-state index contributed by atoms with van der Waals surface area (Å²) in [6.07, 6.45) is 9.54. The molecule has 1 aliphatic rings. The maximum atomic E-state index is 12.9. The van der Waals surface area contributed by atoms with Gasteiger partial charge in [0.25, 0.3) is 5.91 Å². The summed E-state index contributed by atoms with van der Waals surface area (Å²) in [6, 6.07) is 7.43. The van der Waals surface area contributed by atoms with Crippen molar-refractivity contribution < 1.29 is 9.53 Å². The summed E-state index contributed by atoms with van der Waals surface area (Å²) in [5.74, 6) is 1.97. The van der Waals surface area contributed by atoms with Crippen LogP contribution >= 0.6 is 0 Å². The van der Waals surface area contributed by atoms with Gasteiger partial charge in [-0.05, 0) is 38.4 Å². The number of methoxy groups -OCH3 is 1. The highest BCUT2D eigenvalue weighted by Gasteiger charge is 2.27. The van der Waals surface area contributed by atoms with Crippen LogP contribution in [0.15, 0.2) is 42.9 Å². The fourth-order valence-corrected chi connectivity index (χ4v) is 4.16. The Bertz CT molecular complexity index is 1100. The minimum absolute atomic E-state index is 0.106. The number of hydrogen-bond donors (Lipinski definition) is 1. The molecule has 0 unspecified atom stereocenters. The first-order valence-electron chi connectivity index (χ1n) is 11.4. The van der Waals surface area contributed by atoms with Crippen LogP contribution in [0.4, 0.5) is 5.69 Å². The van der Waals surface area contributed by atoms with Gasteiger partial charge in [-0.15, -0.1) is 0 Å². The molecule has 3 heterocycles. The normalized spacial score (nSPS) is 16.4. The molecule has 0 spiro atoms. The Labute approximate surface area is 194 Å². The third-order valence-corrected chi connectivity index (χ3v) is 5.97. The van der Waals surface area contributed by atoms with Gasteiger partial charge in [-0.2, -0.15) is 0 Å². The molecule has 8 heteroatoms. The summed E-state index contributed by atoms with van der Waals surface area (Å²) in [4.78, 5) is 33.5. The molecule has 0 radical (unpaired) electrons. The standard InChI is InChI=1S/C25H30N6O2/c1-4-23-26-13-18(14-27-23)16-31-12-8-7-10-21(31)24-28-15-19(17(2)29-24)25(32)30-20-9-5-6-11-22(20)33-3/h5-6,9,11,13-15,21H,4,7-8,10,12,16H2,1-3H3,(H,30,32)/t21-/m1/s1. The van der Waals surface area contributed by atoms with E-state index in [0.717, 1.165) is 56.0 Å². The van der Waals surface area contributed by atoms with Crippen molar-refractivity contribution in [2.45, 2.75) is 52.1 Å². The molecule has 1 atom stereocenters. The number of rotatable bonds is 7. The molecule has 1 fully saturated rings. The Morgan fingerprint density at radius 3 is 2.67 bits per heavy atom. The lowest BCUT2D eigenvalue weighted by Gasteiger charge is -2.34. The van der Waals surface area contributed by atoms with Crippen molar-refractivity contribution in [2.24, 2.45) is 0 Å². The van der Waals surface area contributed by atoms with Gasteiger partial charge in [-0.25, -0.2) is 19.9 Å². The minimum Gasteiger partial charge on any atom is -0.495 e. The Morgan fingerprint density at radius 1 is 1.15 bits per heavy atom. The molecule has 3 aromatic rings. The van der Waals surface area contributed by atoms with Gasteiger partial charge in [-0.3, -0.25) is 9.69 Å². The second-order valence-corrected chi connectivity index (χ2v) is 8.22. The average Bonchev–Trinajstić information content (AvgIpc) is 2.85. The van der Waals surface area contributed by atoms with E-state index in [9.17, 15) is 4.79 Å². The largest absolute Gasteiger partial charge is 0.495 e. The van der Waals surface area contributed by atoms with E-state index in [1.54, 1.807) is 25.4 Å². The maximum absolute atomic E-state index is 12.9. The summed E-state index contributed by atoms with van der Waals surface area (Å²) in [6.45, 7) is 5.63. The molecule has 33 heavy (non-hydrogen) atoms. The topological polar surface area (TPSA) is 93.1 Å². The Hall–Kier alpha value is -3.39. The third kappa shape index (κ3) is 5.34. The van der Waals surface area contributed by atoms with Crippen molar-refractivity contribution in [3.63, 3.8) is 0 Å². The summed E-state index contributed by atoms with van der Waals surface area (Å²) < 4.78 is 5.32. The van der Waals surface area contributed by atoms with Gasteiger partial charge in [0.2, 0.25) is 0 Å². The molecule has 1 N–H and O–H groups in total. The van der Waals surface area contributed by atoms with E-state index >= 15 is 0 Å². The molecule has 172 valence electrons. The molecule has 4 rings (SSSR count). The van der Waals surface area contributed by atoms with Crippen molar-refractivity contribution in [3.05, 3.63) is 71.3 Å². The van der Waals surface area contributed by atoms with Crippen LogP contribution in [0.3, 0.4) is 0 Å². The van der Waals surface area contributed by atoms with Gasteiger partial charge < -0.3 is 10.1 Å². The van der Waals surface area contributed by atoms with Gasteiger partial charge in [-0.1, -0.05) is 25.5 Å². The van der Waals surface area contributed by atoms with Crippen molar-refractivity contribution >= 4 is 11.6 Å². The zero-order chi connectivity index (χ0) is 23.2. The Morgan fingerprint density at radius 2 is 1.94 bits per heavy atom. The smallest absolute Gasteiger partial charge is 0.259 e. The highest BCUT2D eigenvalue weighted by Crippen LogP contribution is 2.30. The van der Waals surface area contributed by atoms with E-state index in [1.807, 2.05) is 31.5 Å². The number of benzene rings is 1. The van der Waals surface area contributed by atoms with Crippen LogP contribution in [0.2, 0.25) is 0 Å². The van der Waals surface area contributed by atoms with Crippen LogP contribution in [0.5, 0.6) is 5.75 Å². The fraction of sp³-hybridized carbons (Fsp3) is 0.400. The Balaban J connectivity index is 1.50. The van der Waals surface area contributed by atoms with Crippen LogP contribution in [0.1, 0.15) is 65.5 Å². The van der Waals surface area contributed by atoms with Gasteiger partial charge in [0.1, 0.15) is 17.4 Å². The van der Waals surface area contributed by atoms with E-state index in [0.29, 0.717) is 22.7 Å². The molecule has 1 amide bonds. The summed E-state index contributed by atoms with van der Waals surface area (Å²) in [5, 5.41) is 2.90. The van der Waals surface area contributed by atoms with Gasteiger partial charge in [0.15, 0.2) is 0 Å². The summed E-state index contributed by atoms with van der Waals surface area (Å²) in [7, 11) is 1.58. The predicted octanol–water partition coefficient (Wildman–Crippen LogP) is 4.13. The van der Waals surface area contributed by atoms with Gasteiger partial charge in [0.05, 0.1) is 30.1 Å². The second-order valence-electron chi connectivity index (χ2n) is 8.22. The monoisotopic (exact) mass is 446 g/mol. The van der Waals surface area contributed by atoms with E-state index < -0.39 is 0 Å². The van der Waals surface area contributed by atoms with E-state index in [1.165, 1.54) is 0 Å². The summed E-state index contributed by atoms with van der Waals surface area (Å²) in [5.41, 5.74) is 2.82. The highest BCUT2D eigenvalue weighted by atomic mass is 16.5. The Kier molecular flexibility index (Phi) is 7.24. The van der Waals surface area contributed by atoms with Crippen LogP contribution in [-0.2, 0) is 13.0 Å². The number of ether oxygens (including phenoxy) is 1. The lowest BCUT2D eigenvalue weighted by molar-refractivity contribution is 0.102. The van der Waals surface area contributed by atoms with Crippen molar-refractivity contribution in [1.29, 1.82) is 0 Å². The number of amides is 1. The number of para-hydroxylation sites is 2. The van der Waals surface area contributed by atoms with Crippen molar-refractivity contribution in [2.75, 3.05) is 19.0 Å². The zero-order valence-electron chi connectivity index (χ0n) is 19.4. The predicted molar refractivity (Wildman–Crippen MR) is 126 cm³/mol. The molecular formula is C25H30N6O2. The summed E-state index contributed by atoms with van der Waals surface area (Å²) >= 11 is 0. The molecule has 2 aromatic heterocycles. The first-order chi connectivity index (χ1) is 16.1. The van der Waals surface area contributed by atoms with Gasteiger partial charge in [0, 0.05) is 37.1 Å². The number of nitrogens with one attached hydrogen (secondary N) is 1. The molecule has 0 aliphatic carbocycles. The number of nitrogens with zero attached hydrogens (tertiary/aromatic N) is 5. The highest BCUT2D eigenvalue weighted by molar-refractivity contribution is 6.05. The SMILES string of the molecule is CCc1ncc(CN2CCCC[C@@H]2c2ncc(C(=O)Nc3ccccc3OC)c(C)n2)cn1. The molecule has 0 saturated carbocycles. The van der Waals surface area contributed by atoms with Gasteiger partial charge >= 0.3 is 0 Å². The molecule has 0 bridgehead atoms. The fourth-order valence-electron chi connectivity index (χ4n) is 4.16. The number of aromatic nitrogens is 4. The number of likely N-dealkylation sites (tertiary alicyclic amines) is 1. The van der Waals surface area contributed by atoms with Crippen LogP contribution in [-0.4, -0.2) is 44.4 Å². The second kappa shape index (κ2) is 10.5. The molecular weight excluding hydrogens is 416 g/mol. The minimum atomic E-state index is -0.253. The molecule has 1 aliphatic heterocycles. The number of anilines is 1. The van der Waals surface area contributed by atoms with E-state index in [4.69, 9.17) is 9.72 Å². The lowest BCUT2D eigenvalue weighted by atomic mass is 10.0. The zero-order valence-corrected chi connectivity index (χ0v) is 19.4. The number of carbonyl (C=O) groups excluding carboxylic acids is 1. The molecule has 1 aromatic carbocycles. The van der Waals surface area contributed by atoms with Crippen LogP contribution in [0, 0.1) is 6.92 Å². The first-order valence-corrected chi connectivity index (χ1v) is 11.4. The number of piperidine rings is 1. The number of hydrogen-bond acceptors (Lipinski definition) is 7. The first kappa shape index (κ1) is 22.8. The third-order valence-electron chi connectivity index (χ3n) is 5.97. The van der Waals surface area contributed by atoms with Crippen molar-refractivity contribution in [1.82, 2.24) is 24.8 Å². The molecule has 8 nitrogen and oxygen atoms in total. The molecule has 1 saturated heterocycles. The van der Waals surface area contributed by atoms with E-state index in [-0.39, 0.29) is 11.9 Å². The number of aryl methyl sites for hydroxylation is 2. The quantitative estimate of drug-likeness (QED) is 0.583. The van der Waals surface area contributed by atoms with E-state index in [2.05, 4.69) is 32.1 Å². The van der Waals surface area contributed by atoms with Crippen LogP contribution in [0.25, 0.3) is 0 Å². The number of carbonyl (C=O) groups is 1. The van der Waals surface area contributed by atoms with Crippen LogP contribution < -0.4 is 10.1 Å². The maximum Gasteiger partial charge on any atom is 0.259 e. The van der Waals surface area contributed by atoms with Crippen molar-refractivity contribution in [3.8, 4) is 5.75 Å².